The van der Waals surface area contributed by atoms with Crippen molar-refractivity contribution in [2.75, 3.05) is 16.8 Å². The summed E-state index contributed by atoms with van der Waals surface area (Å²) in [5.74, 6) is -0.467. The van der Waals surface area contributed by atoms with E-state index in [1.54, 1.807) is 23.1 Å². The molecule has 0 saturated carbocycles. The van der Waals surface area contributed by atoms with Crippen molar-refractivity contribution in [2.24, 2.45) is 0 Å². The molecule has 2 aromatic heterocycles. The molecule has 1 N–H and O–H groups in total. The van der Waals surface area contributed by atoms with Crippen LogP contribution in [0.3, 0.4) is 0 Å². The molecule has 0 aliphatic carbocycles. The molecule has 1 aromatic carbocycles. The highest BCUT2D eigenvalue weighted by Gasteiger charge is 2.31. The van der Waals surface area contributed by atoms with Crippen LogP contribution in [0.4, 0.5) is 24.5 Å². The molecular formula is C23H21ClF3N5O2. The number of pyridine rings is 1. The number of hydrogen-bond donors (Lipinski definition) is 1. The van der Waals surface area contributed by atoms with Crippen LogP contribution in [-0.2, 0) is 11.0 Å². The Morgan fingerprint density at radius 2 is 1.94 bits per heavy atom. The van der Waals surface area contributed by atoms with E-state index in [1.807, 2.05) is 13.8 Å². The summed E-state index contributed by atoms with van der Waals surface area (Å²) >= 11 is 6.36. The van der Waals surface area contributed by atoms with Crippen molar-refractivity contribution in [1.82, 2.24) is 14.8 Å². The standard InChI is InChI=1S/C23H21ClF3N5O2/c1-13(2)21-16(12-29-32(21)19-8-5-14(11-28-19)23(25,26)27)22(34)30-15-6-7-18(17(24)10-15)31-9-3-4-20(31)33/h5-8,10-13H,3-4,9H2,1-2H3,(H,30,34). The molecule has 2 amide bonds. The number of alkyl halides is 3. The summed E-state index contributed by atoms with van der Waals surface area (Å²) in [5.41, 5.74) is 0.900. The number of nitrogens with zero attached hydrogens (tertiary/aromatic N) is 4. The van der Waals surface area contributed by atoms with Crippen LogP contribution in [0.15, 0.2) is 42.7 Å². The van der Waals surface area contributed by atoms with E-state index in [0.29, 0.717) is 35.1 Å². The number of amides is 2. The first kappa shape index (κ1) is 23.7. The van der Waals surface area contributed by atoms with Gasteiger partial charge in [-0.1, -0.05) is 25.4 Å². The molecule has 34 heavy (non-hydrogen) atoms. The van der Waals surface area contributed by atoms with Crippen LogP contribution in [0.2, 0.25) is 5.02 Å². The van der Waals surface area contributed by atoms with Gasteiger partial charge in [0.05, 0.1) is 33.7 Å². The largest absolute Gasteiger partial charge is 0.417 e. The molecule has 0 unspecified atom stereocenters. The maximum atomic E-state index is 13.0. The minimum absolute atomic E-state index is 0.00421. The lowest BCUT2D eigenvalue weighted by molar-refractivity contribution is -0.137. The third kappa shape index (κ3) is 4.63. The molecule has 0 spiro atoms. The van der Waals surface area contributed by atoms with Crippen molar-refractivity contribution in [1.29, 1.82) is 0 Å². The van der Waals surface area contributed by atoms with Gasteiger partial charge in [-0.2, -0.15) is 18.3 Å². The van der Waals surface area contributed by atoms with Gasteiger partial charge in [-0.15, -0.1) is 0 Å². The summed E-state index contributed by atoms with van der Waals surface area (Å²) in [7, 11) is 0. The van der Waals surface area contributed by atoms with E-state index in [9.17, 15) is 22.8 Å². The van der Waals surface area contributed by atoms with E-state index in [4.69, 9.17) is 11.6 Å². The second-order valence-corrected chi connectivity index (χ2v) is 8.59. The summed E-state index contributed by atoms with van der Waals surface area (Å²) in [5, 5.41) is 7.30. The lowest BCUT2D eigenvalue weighted by Gasteiger charge is -2.18. The SMILES string of the molecule is CC(C)c1c(C(=O)Nc2ccc(N3CCCC3=O)c(Cl)c2)cnn1-c1ccc(C(F)(F)F)cn1. The van der Waals surface area contributed by atoms with E-state index >= 15 is 0 Å². The number of benzene rings is 1. The molecule has 11 heteroatoms. The topological polar surface area (TPSA) is 80.1 Å². The highest BCUT2D eigenvalue weighted by molar-refractivity contribution is 6.34. The van der Waals surface area contributed by atoms with E-state index in [2.05, 4.69) is 15.4 Å². The molecule has 0 bridgehead atoms. The minimum atomic E-state index is -4.50. The molecule has 0 radical (unpaired) electrons. The Morgan fingerprint density at radius 3 is 2.50 bits per heavy atom. The van der Waals surface area contributed by atoms with Crippen LogP contribution in [0, 0.1) is 0 Å². The fraction of sp³-hybridized carbons (Fsp3) is 0.304. The smallest absolute Gasteiger partial charge is 0.322 e. The lowest BCUT2D eigenvalue weighted by atomic mass is 10.1. The quantitative estimate of drug-likeness (QED) is 0.515. The van der Waals surface area contributed by atoms with Gasteiger partial charge in [0.25, 0.3) is 5.91 Å². The first-order chi connectivity index (χ1) is 16.1. The number of anilines is 2. The van der Waals surface area contributed by atoms with Crippen molar-refractivity contribution in [3.05, 3.63) is 64.6 Å². The second-order valence-electron chi connectivity index (χ2n) is 8.18. The maximum Gasteiger partial charge on any atom is 0.417 e. The Morgan fingerprint density at radius 1 is 1.18 bits per heavy atom. The molecule has 3 heterocycles. The summed E-state index contributed by atoms with van der Waals surface area (Å²) in [6.07, 6.45) is -1.17. The van der Waals surface area contributed by atoms with E-state index in [-0.39, 0.29) is 23.2 Å². The van der Waals surface area contributed by atoms with Crippen LogP contribution >= 0.6 is 11.6 Å². The molecule has 0 atom stereocenters. The molecule has 7 nitrogen and oxygen atoms in total. The predicted molar refractivity (Wildman–Crippen MR) is 121 cm³/mol. The van der Waals surface area contributed by atoms with Gasteiger partial charge < -0.3 is 10.2 Å². The van der Waals surface area contributed by atoms with Gasteiger partial charge in [-0.05, 0) is 42.7 Å². The minimum Gasteiger partial charge on any atom is -0.322 e. The van der Waals surface area contributed by atoms with Gasteiger partial charge in [0.2, 0.25) is 5.91 Å². The van der Waals surface area contributed by atoms with Crippen LogP contribution < -0.4 is 10.2 Å². The van der Waals surface area contributed by atoms with Gasteiger partial charge in [-0.3, -0.25) is 9.59 Å². The third-order valence-electron chi connectivity index (χ3n) is 5.46. The van der Waals surface area contributed by atoms with E-state index < -0.39 is 17.6 Å². The number of rotatable bonds is 5. The highest BCUT2D eigenvalue weighted by Crippen LogP contribution is 2.33. The Labute approximate surface area is 198 Å². The van der Waals surface area contributed by atoms with Gasteiger partial charge >= 0.3 is 6.18 Å². The third-order valence-corrected chi connectivity index (χ3v) is 5.76. The van der Waals surface area contributed by atoms with Gasteiger partial charge in [0.1, 0.15) is 0 Å². The molecule has 1 saturated heterocycles. The lowest BCUT2D eigenvalue weighted by Crippen LogP contribution is -2.24. The fourth-order valence-electron chi connectivity index (χ4n) is 3.85. The van der Waals surface area contributed by atoms with Gasteiger partial charge in [-0.25, -0.2) is 9.67 Å². The first-order valence-electron chi connectivity index (χ1n) is 10.6. The number of carbonyl (C=O) groups excluding carboxylic acids is 2. The molecule has 178 valence electrons. The summed E-state index contributed by atoms with van der Waals surface area (Å²) in [6, 6.07) is 7.03. The summed E-state index contributed by atoms with van der Waals surface area (Å²) < 4.78 is 39.9. The molecule has 1 aliphatic heterocycles. The normalized spacial score (nSPS) is 14.2. The molecule has 4 rings (SSSR count). The first-order valence-corrected chi connectivity index (χ1v) is 11.0. The van der Waals surface area contributed by atoms with Gasteiger partial charge in [0, 0.05) is 24.8 Å². The number of carbonyl (C=O) groups is 2. The average molecular weight is 492 g/mol. The predicted octanol–water partition coefficient (Wildman–Crippen LogP) is 5.44. The van der Waals surface area contributed by atoms with Crippen molar-refractivity contribution in [3.63, 3.8) is 0 Å². The number of hydrogen-bond acceptors (Lipinski definition) is 4. The number of halogens is 4. The van der Waals surface area contributed by atoms with E-state index in [0.717, 1.165) is 18.7 Å². The molecule has 1 aliphatic rings. The van der Waals surface area contributed by atoms with Crippen molar-refractivity contribution in [2.45, 2.75) is 38.8 Å². The van der Waals surface area contributed by atoms with E-state index in [1.165, 1.54) is 16.9 Å². The zero-order valence-corrected chi connectivity index (χ0v) is 19.1. The highest BCUT2D eigenvalue weighted by atomic mass is 35.5. The average Bonchev–Trinajstić information content (AvgIpc) is 3.40. The Kier molecular flexibility index (Phi) is 6.35. The van der Waals surface area contributed by atoms with Crippen molar-refractivity contribution >= 4 is 34.8 Å². The number of aromatic nitrogens is 3. The van der Waals surface area contributed by atoms with Crippen LogP contribution in [0.5, 0.6) is 0 Å². The Bertz CT molecular complexity index is 1240. The molecular weight excluding hydrogens is 471 g/mol. The monoisotopic (exact) mass is 491 g/mol. The van der Waals surface area contributed by atoms with Gasteiger partial charge in [0.15, 0.2) is 5.82 Å². The van der Waals surface area contributed by atoms with Crippen LogP contribution in [-0.4, -0.2) is 33.1 Å². The van der Waals surface area contributed by atoms with Crippen LogP contribution in [0.1, 0.15) is 54.2 Å². The van der Waals surface area contributed by atoms with Crippen molar-refractivity contribution < 1.29 is 22.8 Å². The fourth-order valence-corrected chi connectivity index (χ4v) is 4.14. The van der Waals surface area contributed by atoms with Crippen LogP contribution in [0.25, 0.3) is 5.82 Å². The maximum absolute atomic E-state index is 13.0. The number of nitrogens with one attached hydrogen (secondary N) is 1. The zero-order valence-electron chi connectivity index (χ0n) is 18.4. The Hall–Kier alpha value is -3.40. The summed E-state index contributed by atoms with van der Waals surface area (Å²) in [6.45, 7) is 4.28. The Balaban J connectivity index is 1.59. The second kappa shape index (κ2) is 9.09. The molecule has 1 fully saturated rings. The molecule has 3 aromatic rings. The van der Waals surface area contributed by atoms with Crippen molar-refractivity contribution in [3.8, 4) is 5.82 Å². The summed E-state index contributed by atoms with van der Waals surface area (Å²) in [4.78, 5) is 30.5. The zero-order chi connectivity index (χ0) is 24.6.